The van der Waals surface area contributed by atoms with Gasteiger partial charge in [0.25, 0.3) is 0 Å². The molecule has 76 valence electrons. The molecule has 2 saturated carbocycles. The van der Waals surface area contributed by atoms with Crippen LogP contribution < -0.4 is 0 Å². The van der Waals surface area contributed by atoms with Gasteiger partial charge in [-0.1, -0.05) is 51.4 Å². The van der Waals surface area contributed by atoms with Crippen LogP contribution in [-0.2, 0) is 0 Å². The fourth-order valence-electron chi connectivity index (χ4n) is 3.46. The van der Waals surface area contributed by atoms with Gasteiger partial charge in [0.15, 0.2) is 0 Å². The molecule has 0 N–H and O–H groups in total. The van der Waals surface area contributed by atoms with Gasteiger partial charge < -0.3 is 0 Å². The van der Waals surface area contributed by atoms with Gasteiger partial charge in [0.1, 0.15) is 0 Å². The quantitative estimate of drug-likeness (QED) is 0.507. The number of rotatable bonds is 0. The highest BCUT2D eigenvalue weighted by Gasteiger charge is 2.32. The molecule has 0 aliphatic heterocycles. The van der Waals surface area contributed by atoms with Gasteiger partial charge in [0, 0.05) is 0 Å². The van der Waals surface area contributed by atoms with Crippen molar-refractivity contribution < 1.29 is 0 Å². The van der Waals surface area contributed by atoms with E-state index in [1.807, 2.05) is 0 Å². The maximum absolute atomic E-state index is 1.56. The lowest BCUT2D eigenvalue weighted by Crippen LogP contribution is -2.15. The third-order valence-electron chi connectivity index (χ3n) is 4.33. The Hall–Kier alpha value is 0. The zero-order valence-corrected chi connectivity index (χ0v) is 8.99. The lowest BCUT2D eigenvalue weighted by molar-refractivity contribution is 0.237. The normalized spacial score (nSPS) is 29.5. The van der Waals surface area contributed by atoms with Crippen molar-refractivity contribution in [1.29, 1.82) is 0 Å². The van der Waals surface area contributed by atoms with Crippen molar-refractivity contribution in [2.75, 3.05) is 0 Å². The van der Waals surface area contributed by atoms with E-state index in [9.17, 15) is 0 Å². The summed E-state index contributed by atoms with van der Waals surface area (Å²) in [6.07, 6.45) is 18.4. The average Bonchev–Trinajstić information content (AvgIpc) is 2.62. The summed E-state index contributed by atoms with van der Waals surface area (Å²) in [5, 5.41) is 0. The third-order valence-corrected chi connectivity index (χ3v) is 4.33. The van der Waals surface area contributed by atoms with E-state index >= 15 is 0 Å². The SMILES string of the molecule is C1CCCCC2(CCC1)CCCC2. The Balaban J connectivity index is 1.90. The Kier molecular flexibility index (Phi) is 3.29. The number of hydrogen-bond donors (Lipinski definition) is 0. The Bertz CT molecular complexity index is 130. The van der Waals surface area contributed by atoms with Gasteiger partial charge in [0.2, 0.25) is 0 Å². The van der Waals surface area contributed by atoms with Crippen molar-refractivity contribution in [2.45, 2.75) is 77.0 Å². The molecule has 0 heterocycles. The van der Waals surface area contributed by atoms with Crippen LogP contribution >= 0.6 is 0 Å². The molecule has 0 unspecified atom stereocenters. The van der Waals surface area contributed by atoms with Gasteiger partial charge in [-0.25, -0.2) is 0 Å². The first kappa shape index (κ1) is 9.55. The van der Waals surface area contributed by atoms with Gasteiger partial charge in [-0.3, -0.25) is 0 Å². The zero-order chi connectivity index (χ0) is 8.99. The molecule has 0 nitrogen and oxygen atoms in total. The Morgan fingerprint density at radius 2 is 0.692 bits per heavy atom. The molecule has 2 aliphatic rings. The van der Waals surface area contributed by atoms with Crippen molar-refractivity contribution in [3.63, 3.8) is 0 Å². The molecule has 2 fully saturated rings. The average molecular weight is 180 g/mol. The minimum Gasteiger partial charge on any atom is -0.0533 e. The highest BCUT2D eigenvalue weighted by atomic mass is 14.4. The number of hydrogen-bond acceptors (Lipinski definition) is 0. The van der Waals surface area contributed by atoms with Crippen molar-refractivity contribution in [3.8, 4) is 0 Å². The van der Waals surface area contributed by atoms with Crippen LogP contribution in [-0.4, -0.2) is 0 Å². The second-order valence-electron chi connectivity index (χ2n) is 5.33. The van der Waals surface area contributed by atoms with Crippen LogP contribution in [0.1, 0.15) is 77.0 Å². The molecule has 0 bridgehead atoms. The fraction of sp³-hybridized carbons (Fsp3) is 1.00. The summed E-state index contributed by atoms with van der Waals surface area (Å²) in [5.41, 5.74) is 0.838. The maximum atomic E-state index is 1.56. The van der Waals surface area contributed by atoms with E-state index in [1.165, 1.54) is 51.4 Å². The van der Waals surface area contributed by atoms with E-state index in [1.54, 1.807) is 25.7 Å². The molecule has 0 saturated heterocycles. The molecule has 0 aromatic rings. The van der Waals surface area contributed by atoms with Crippen LogP contribution in [0, 0.1) is 5.41 Å². The first-order valence-corrected chi connectivity index (χ1v) is 6.41. The summed E-state index contributed by atoms with van der Waals surface area (Å²) in [6, 6.07) is 0. The van der Waals surface area contributed by atoms with E-state index in [0.717, 1.165) is 5.41 Å². The van der Waals surface area contributed by atoms with E-state index in [2.05, 4.69) is 0 Å². The first-order chi connectivity index (χ1) is 6.41. The van der Waals surface area contributed by atoms with Gasteiger partial charge in [-0.05, 0) is 31.1 Å². The zero-order valence-electron chi connectivity index (χ0n) is 8.99. The van der Waals surface area contributed by atoms with Crippen LogP contribution in [0.2, 0.25) is 0 Å². The topological polar surface area (TPSA) is 0 Å². The summed E-state index contributed by atoms with van der Waals surface area (Å²) in [4.78, 5) is 0. The lowest BCUT2D eigenvalue weighted by Gasteiger charge is -2.28. The first-order valence-electron chi connectivity index (χ1n) is 6.41. The second kappa shape index (κ2) is 4.48. The predicted molar refractivity (Wildman–Crippen MR) is 57.8 cm³/mol. The van der Waals surface area contributed by atoms with Crippen molar-refractivity contribution in [3.05, 3.63) is 0 Å². The van der Waals surface area contributed by atoms with Gasteiger partial charge in [-0.2, -0.15) is 0 Å². The summed E-state index contributed by atoms with van der Waals surface area (Å²) in [5.74, 6) is 0. The van der Waals surface area contributed by atoms with Gasteiger partial charge in [0.05, 0.1) is 0 Å². The van der Waals surface area contributed by atoms with E-state index in [4.69, 9.17) is 0 Å². The van der Waals surface area contributed by atoms with Crippen LogP contribution in [0.5, 0.6) is 0 Å². The maximum Gasteiger partial charge on any atom is -0.0297 e. The highest BCUT2D eigenvalue weighted by Crippen LogP contribution is 2.46. The second-order valence-corrected chi connectivity index (χ2v) is 5.33. The fourth-order valence-corrected chi connectivity index (χ4v) is 3.46. The van der Waals surface area contributed by atoms with Crippen LogP contribution in [0.25, 0.3) is 0 Å². The van der Waals surface area contributed by atoms with Crippen LogP contribution in [0.3, 0.4) is 0 Å². The molecule has 0 heteroatoms. The molecule has 0 radical (unpaired) electrons. The Labute approximate surface area is 83.1 Å². The van der Waals surface area contributed by atoms with E-state index in [0.29, 0.717) is 0 Å². The molecule has 0 amide bonds. The molecule has 0 aromatic carbocycles. The molecule has 1 spiro atoms. The monoisotopic (exact) mass is 180 g/mol. The molecular formula is C13H24. The van der Waals surface area contributed by atoms with Crippen molar-refractivity contribution >= 4 is 0 Å². The minimum absolute atomic E-state index is 0.838. The van der Waals surface area contributed by atoms with Crippen LogP contribution in [0.4, 0.5) is 0 Å². The summed E-state index contributed by atoms with van der Waals surface area (Å²) in [6.45, 7) is 0. The van der Waals surface area contributed by atoms with Gasteiger partial charge >= 0.3 is 0 Å². The molecule has 0 aromatic heterocycles. The predicted octanol–water partition coefficient (Wildman–Crippen LogP) is 4.68. The molecule has 2 rings (SSSR count). The Morgan fingerprint density at radius 1 is 0.385 bits per heavy atom. The molecule has 0 atom stereocenters. The molecule has 2 aliphatic carbocycles. The Morgan fingerprint density at radius 3 is 1.15 bits per heavy atom. The third kappa shape index (κ3) is 2.48. The summed E-state index contributed by atoms with van der Waals surface area (Å²) >= 11 is 0. The standard InChI is InChI=1S/C13H24/c1-2-4-6-10-13(9-5-3-1)11-7-8-12-13/h1-12H2. The largest absolute Gasteiger partial charge is 0.0533 e. The van der Waals surface area contributed by atoms with E-state index < -0.39 is 0 Å². The van der Waals surface area contributed by atoms with Crippen LogP contribution in [0.15, 0.2) is 0 Å². The van der Waals surface area contributed by atoms with Crippen molar-refractivity contribution in [1.82, 2.24) is 0 Å². The summed E-state index contributed by atoms with van der Waals surface area (Å²) in [7, 11) is 0. The smallest absolute Gasteiger partial charge is 0.0297 e. The lowest BCUT2D eigenvalue weighted by atomic mass is 9.77. The summed E-state index contributed by atoms with van der Waals surface area (Å²) < 4.78 is 0. The van der Waals surface area contributed by atoms with Gasteiger partial charge in [-0.15, -0.1) is 0 Å². The molecule has 13 heavy (non-hydrogen) atoms. The van der Waals surface area contributed by atoms with Crippen molar-refractivity contribution in [2.24, 2.45) is 5.41 Å². The van der Waals surface area contributed by atoms with E-state index in [-0.39, 0.29) is 0 Å². The minimum atomic E-state index is 0.838. The molecular weight excluding hydrogens is 156 g/mol. The highest BCUT2D eigenvalue weighted by molar-refractivity contribution is 4.84.